The Bertz CT molecular complexity index is 493. The van der Waals surface area contributed by atoms with Crippen molar-refractivity contribution in [1.29, 1.82) is 0 Å². The van der Waals surface area contributed by atoms with E-state index < -0.39 is 11.9 Å². The second-order valence-electron chi connectivity index (χ2n) is 4.60. The summed E-state index contributed by atoms with van der Waals surface area (Å²) in [7, 11) is 0. The highest BCUT2D eigenvalue weighted by atomic mass is 35.5. The molecular weight excluding hydrogens is 287 g/mol. The molecule has 0 bridgehead atoms. The van der Waals surface area contributed by atoms with E-state index in [1.165, 1.54) is 0 Å². The minimum absolute atomic E-state index is 0.0120. The fraction of sp³-hybridized carbons (Fsp3) is 0.462. The van der Waals surface area contributed by atoms with E-state index in [1.54, 1.807) is 12.1 Å². The third kappa shape index (κ3) is 4.06. The maximum absolute atomic E-state index is 13.8. The smallest absolute Gasteiger partial charge is 0.404 e. The normalized spacial score (nSPS) is 16.1. The number of carboxylic acid groups (broad SMARTS) is 1. The fourth-order valence-corrected chi connectivity index (χ4v) is 2.38. The van der Waals surface area contributed by atoms with Gasteiger partial charge in [0.05, 0.1) is 18.2 Å². The first-order valence-corrected chi connectivity index (χ1v) is 6.68. The van der Waals surface area contributed by atoms with E-state index in [0.717, 1.165) is 18.7 Å². The van der Waals surface area contributed by atoms with Crippen molar-refractivity contribution in [3.63, 3.8) is 0 Å². The van der Waals surface area contributed by atoms with E-state index in [0.29, 0.717) is 19.8 Å². The lowest BCUT2D eigenvalue weighted by Crippen LogP contribution is -2.35. The van der Waals surface area contributed by atoms with Crippen LogP contribution in [0.1, 0.15) is 11.1 Å². The van der Waals surface area contributed by atoms with Crippen LogP contribution in [0.4, 0.5) is 9.18 Å². The lowest BCUT2D eigenvalue weighted by molar-refractivity contribution is 0.0342. The van der Waals surface area contributed by atoms with Crippen LogP contribution >= 0.6 is 11.6 Å². The van der Waals surface area contributed by atoms with E-state index in [9.17, 15) is 9.18 Å². The van der Waals surface area contributed by atoms with Gasteiger partial charge in [0, 0.05) is 31.7 Å². The Hall–Kier alpha value is -1.37. The van der Waals surface area contributed by atoms with E-state index in [-0.39, 0.29) is 17.1 Å². The van der Waals surface area contributed by atoms with Crippen molar-refractivity contribution in [1.82, 2.24) is 10.2 Å². The fourth-order valence-electron chi connectivity index (χ4n) is 2.12. The molecule has 5 nitrogen and oxygen atoms in total. The van der Waals surface area contributed by atoms with Crippen molar-refractivity contribution < 1.29 is 19.0 Å². The average molecular weight is 303 g/mol. The predicted octanol–water partition coefficient (Wildman–Crippen LogP) is 2.08. The highest BCUT2D eigenvalue weighted by Gasteiger charge is 2.14. The summed E-state index contributed by atoms with van der Waals surface area (Å²) < 4.78 is 19.1. The van der Waals surface area contributed by atoms with Crippen LogP contribution in [0.5, 0.6) is 0 Å². The van der Waals surface area contributed by atoms with Gasteiger partial charge in [0.2, 0.25) is 0 Å². The molecule has 0 unspecified atom stereocenters. The summed E-state index contributed by atoms with van der Waals surface area (Å²) in [5.74, 6) is -0.578. The minimum atomic E-state index is -1.20. The lowest BCUT2D eigenvalue weighted by atomic mass is 10.1. The van der Waals surface area contributed by atoms with Gasteiger partial charge in [-0.3, -0.25) is 4.90 Å². The molecule has 1 aromatic carbocycles. The zero-order chi connectivity index (χ0) is 14.5. The summed E-state index contributed by atoms with van der Waals surface area (Å²) >= 11 is 5.86. The lowest BCUT2D eigenvalue weighted by Gasteiger charge is -2.26. The monoisotopic (exact) mass is 302 g/mol. The van der Waals surface area contributed by atoms with Crippen molar-refractivity contribution in [3.8, 4) is 0 Å². The maximum atomic E-state index is 13.8. The Kier molecular flexibility index (Phi) is 5.17. The van der Waals surface area contributed by atoms with Gasteiger partial charge in [0.25, 0.3) is 0 Å². The number of ether oxygens (including phenoxy) is 1. The van der Waals surface area contributed by atoms with Crippen LogP contribution in [0.25, 0.3) is 0 Å². The van der Waals surface area contributed by atoms with E-state index in [2.05, 4.69) is 10.2 Å². The molecule has 0 aliphatic carbocycles. The van der Waals surface area contributed by atoms with Crippen LogP contribution in [0, 0.1) is 5.82 Å². The Labute approximate surface area is 121 Å². The van der Waals surface area contributed by atoms with Gasteiger partial charge in [-0.2, -0.15) is 0 Å². The summed E-state index contributed by atoms with van der Waals surface area (Å²) in [5, 5.41) is 10.7. The molecule has 1 heterocycles. The van der Waals surface area contributed by atoms with E-state index in [1.807, 2.05) is 0 Å². The van der Waals surface area contributed by atoms with Crippen LogP contribution in [0.3, 0.4) is 0 Å². The number of hydrogen-bond donors (Lipinski definition) is 2. The Balaban J connectivity index is 2.10. The van der Waals surface area contributed by atoms with Gasteiger partial charge in [-0.25, -0.2) is 9.18 Å². The molecule has 0 radical (unpaired) electrons. The highest BCUT2D eigenvalue weighted by molar-refractivity contribution is 6.30. The molecule has 1 amide bonds. The zero-order valence-electron chi connectivity index (χ0n) is 10.9. The summed E-state index contributed by atoms with van der Waals surface area (Å²) in [6, 6.07) is 3.23. The van der Waals surface area contributed by atoms with Crippen molar-refractivity contribution in [2.75, 3.05) is 26.3 Å². The van der Waals surface area contributed by atoms with Gasteiger partial charge >= 0.3 is 6.09 Å². The first-order chi connectivity index (χ1) is 9.56. The maximum Gasteiger partial charge on any atom is 0.404 e. The van der Waals surface area contributed by atoms with Gasteiger partial charge in [-0.1, -0.05) is 11.6 Å². The van der Waals surface area contributed by atoms with E-state index in [4.69, 9.17) is 21.4 Å². The van der Waals surface area contributed by atoms with Crippen LogP contribution < -0.4 is 5.32 Å². The molecule has 0 atom stereocenters. The molecule has 110 valence electrons. The summed E-state index contributed by atoms with van der Waals surface area (Å²) in [6.45, 7) is 3.54. The molecule has 7 heteroatoms. The zero-order valence-corrected chi connectivity index (χ0v) is 11.6. The molecule has 1 saturated heterocycles. The van der Waals surface area contributed by atoms with Crippen molar-refractivity contribution in [3.05, 3.63) is 34.1 Å². The van der Waals surface area contributed by atoms with E-state index >= 15 is 0 Å². The summed E-state index contributed by atoms with van der Waals surface area (Å²) in [5.41, 5.74) is 1.11. The SMILES string of the molecule is O=C(O)NCc1cc(CN2CCOCC2)cc(Cl)c1F. The first kappa shape index (κ1) is 15.0. The van der Waals surface area contributed by atoms with Gasteiger partial charge in [-0.15, -0.1) is 0 Å². The molecule has 2 N–H and O–H groups in total. The topological polar surface area (TPSA) is 61.8 Å². The summed E-state index contributed by atoms with van der Waals surface area (Å²) in [6.07, 6.45) is -1.20. The third-order valence-corrected chi connectivity index (χ3v) is 3.38. The number of carbonyl (C=O) groups is 1. The van der Waals surface area contributed by atoms with Gasteiger partial charge < -0.3 is 15.2 Å². The third-order valence-electron chi connectivity index (χ3n) is 3.10. The second-order valence-corrected chi connectivity index (χ2v) is 5.01. The van der Waals surface area contributed by atoms with Crippen LogP contribution in [0.2, 0.25) is 5.02 Å². The van der Waals surface area contributed by atoms with Gasteiger partial charge in [0.15, 0.2) is 0 Å². The predicted molar refractivity (Wildman–Crippen MR) is 72.4 cm³/mol. The Morgan fingerprint density at radius 3 is 2.80 bits per heavy atom. The molecule has 1 aliphatic heterocycles. The number of hydrogen-bond acceptors (Lipinski definition) is 3. The molecular formula is C13H16ClFN2O3. The number of nitrogens with zero attached hydrogens (tertiary/aromatic N) is 1. The number of morpholine rings is 1. The van der Waals surface area contributed by atoms with Crippen LogP contribution in [-0.2, 0) is 17.8 Å². The Morgan fingerprint density at radius 2 is 2.15 bits per heavy atom. The second kappa shape index (κ2) is 6.88. The molecule has 0 saturated carbocycles. The molecule has 0 spiro atoms. The number of halogens is 2. The number of amides is 1. The molecule has 0 aromatic heterocycles. The quantitative estimate of drug-likeness (QED) is 0.894. The first-order valence-electron chi connectivity index (χ1n) is 6.30. The van der Waals surface area contributed by atoms with Gasteiger partial charge in [0.1, 0.15) is 5.82 Å². The molecule has 1 fully saturated rings. The average Bonchev–Trinajstić information content (AvgIpc) is 2.42. The number of nitrogens with one attached hydrogen (secondary N) is 1. The van der Waals surface area contributed by atoms with Crippen molar-refractivity contribution >= 4 is 17.7 Å². The standard InChI is InChI=1S/C13H16ClFN2O3/c14-11-6-9(8-17-1-3-20-4-2-17)5-10(12(11)15)7-16-13(18)19/h5-6,16H,1-4,7-8H2,(H,18,19). The number of benzene rings is 1. The van der Waals surface area contributed by atoms with Gasteiger partial charge in [-0.05, 0) is 17.7 Å². The molecule has 1 aromatic rings. The van der Waals surface area contributed by atoms with Crippen LogP contribution in [0.15, 0.2) is 12.1 Å². The largest absolute Gasteiger partial charge is 0.465 e. The number of rotatable bonds is 4. The molecule has 2 rings (SSSR count). The highest BCUT2D eigenvalue weighted by Crippen LogP contribution is 2.22. The Morgan fingerprint density at radius 1 is 1.45 bits per heavy atom. The molecule has 20 heavy (non-hydrogen) atoms. The van der Waals surface area contributed by atoms with Crippen molar-refractivity contribution in [2.45, 2.75) is 13.1 Å². The minimum Gasteiger partial charge on any atom is -0.465 e. The summed E-state index contributed by atoms with van der Waals surface area (Å²) in [4.78, 5) is 12.7. The molecule has 1 aliphatic rings. The van der Waals surface area contributed by atoms with Crippen LogP contribution in [-0.4, -0.2) is 42.4 Å². The van der Waals surface area contributed by atoms with Crippen molar-refractivity contribution in [2.24, 2.45) is 0 Å².